The zero-order valence-electron chi connectivity index (χ0n) is 18.3. The summed E-state index contributed by atoms with van der Waals surface area (Å²) in [5.41, 5.74) is 2.41. The number of aromatic nitrogens is 5. The molecule has 0 spiro atoms. The Morgan fingerprint density at radius 3 is 2.35 bits per heavy atom. The molecule has 1 N–H and O–H groups in total. The molecule has 7 nitrogen and oxygen atoms in total. The largest absolute Gasteiger partial charge is 0.418 e. The Bertz CT molecular complexity index is 1270. The third-order valence-corrected chi connectivity index (χ3v) is 5.13. The average molecular weight is 466 g/mol. The predicted octanol–water partition coefficient (Wildman–Crippen LogP) is 3.74. The van der Waals surface area contributed by atoms with Crippen molar-refractivity contribution in [2.75, 3.05) is 0 Å². The maximum Gasteiger partial charge on any atom is 0.418 e. The second-order valence-corrected chi connectivity index (χ2v) is 7.73. The fraction of sp³-hybridized carbons (Fsp3) is 0.208. The average Bonchev–Trinajstić information content (AvgIpc) is 3.23. The first-order valence-electron chi connectivity index (χ1n) is 10.4. The van der Waals surface area contributed by atoms with Gasteiger partial charge in [0.2, 0.25) is 5.91 Å². The van der Waals surface area contributed by atoms with Crippen molar-refractivity contribution in [3.63, 3.8) is 0 Å². The zero-order chi connectivity index (χ0) is 24.1. The lowest BCUT2D eigenvalue weighted by molar-refractivity contribution is -0.138. The third kappa shape index (κ3) is 5.83. The van der Waals surface area contributed by atoms with Gasteiger partial charge >= 0.3 is 6.18 Å². The Hall–Kier alpha value is -4.08. The number of nitrogens with zero attached hydrogens (tertiary/aromatic N) is 5. The normalized spacial score (nSPS) is 11.4. The number of carbonyl (C=O) groups excluding carboxylic acids is 1. The number of pyridine rings is 1. The maximum atomic E-state index is 13.1. The molecule has 1 aromatic carbocycles. The number of nitrogens with one attached hydrogen (secondary N) is 1. The molecule has 1 amide bonds. The van der Waals surface area contributed by atoms with Crippen molar-refractivity contribution in [3.8, 4) is 11.1 Å². The highest BCUT2D eigenvalue weighted by Gasteiger charge is 2.33. The number of amides is 1. The maximum absolute atomic E-state index is 13.1. The molecule has 0 aliphatic rings. The molecular weight excluding hydrogens is 445 g/mol. The molecule has 0 fully saturated rings. The van der Waals surface area contributed by atoms with Crippen LogP contribution >= 0.6 is 0 Å². The summed E-state index contributed by atoms with van der Waals surface area (Å²) in [5.74, 6) is 0.293. The number of aryl methyl sites for hydroxylation is 1. The highest BCUT2D eigenvalue weighted by Crippen LogP contribution is 2.30. The van der Waals surface area contributed by atoms with Crippen LogP contribution in [0.2, 0.25) is 0 Å². The predicted molar refractivity (Wildman–Crippen MR) is 118 cm³/mol. The van der Waals surface area contributed by atoms with Crippen molar-refractivity contribution in [3.05, 3.63) is 95.6 Å². The Labute approximate surface area is 193 Å². The summed E-state index contributed by atoms with van der Waals surface area (Å²) >= 11 is 0. The summed E-state index contributed by atoms with van der Waals surface area (Å²) in [6, 6.07) is 9.45. The van der Waals surface area contributed by atoms with E-state index in [1.54, 1.807) is 35.4 Å². The molecule has 0 atom stereocenters. The minimum absolute atomic E-state index is 0.0367. The van der Waals surface area contributed by atoms with E-state index in [0.29, 0.717) is 12.2 Å². The number of halogens is 3. The van der Waals surface area contributed by atoms with Gasteiger partial charge in [-0.25, -0.2) is 9.97 Å². The Morgan fingerprint density at radius 2 is 1.71 bits per heavy atom. The van der Waals surface area contributed by atoms with Crippen LogP contribution in [0.3, 0.4) is 0 Å². The standard InChI is InChI=1S/C24H21F3N6O/c1-33-15-17(11-32-33)9-22-29-12-19(13-30-22)18-6-4-16(5-7-18)10-23(34)31-14-21-20(24(25,26)27)3-2-8-28-21/h2-8,11-13,15H,9-10,14H2,1H3,(H,31,34). The van der Waals surface area contributed by atoms with Crippen LogP contribution in [-0.4, -0.2) is 30.6 Å². The van der Waals surface area contributed by atoms with Crippen LogP contribution in [0.25, 0.3) is 11.1 Å². The van der Waals surface area contributed by atoms with Gasteiger partial charge in [0.25, 0.3) is 0 Å². The third-order valence-electron chi connectivity index (χ3n) is 5.13. The number of alkyl halides is 3. The SMILES string of the molecule is Cn1cc(Cc2ncc(-c3ccc(CC(=O)NCc4ncccc4C(F)(F)F)cc3)cn2)cn1. The molecule has 4 aromatic rings. The molecule has 0 radical (unpaired) electrons. The van der Waals surface area contributed by atoms with Gasteiger partial charge in [-0.3, -0.25) is 14.5 Å². The van der Waals surface area contributed by atoms with E-state index in [0.717, 1.165) is 28.3 Å². The fourth-order valence-electron chi connectivity index (χ4n) is 3.42. The van der Waals surface area contributed by atoms with Gasteiger partial charge in [0.15, 0.2) is 0 Å². The lowest BCUT2D eigenvalue weighted by Gasteiger charge is -2.12. The molecule has 0 unspecified atom stereocenters. The van der Waals surface area contributed by atoms with Crippen molar-refractivity contribution in [1.29, 1.82) is 0 Å². The second-order valence-electron chi connectivity index (χ2n) is 7.73. The molecule has 0 bridgehead atoms. The number of benzene rings is 1. The molecule has 0 aliphatic carbocycles. The van der Waals surface area contributed by atoms with Gasteiger partial charge in [-0.15, -0.1) is 0 Å². The quantitative estimate of drug-likeness (QED) is 0.449. The molecule has 10 heteroatoms. The van der Waals surface area contributed by atoms with Crippen molar-refractivity contribution >= 4 is 5.91 Å². The summed E-state index contributed by atoms with van der Waals surface area (Å²) in [4.78, 5) is 24.8. The minimum atomic E-state index is -4.52. The fourth-order valence-corrected chi connectivity index (χ4v) is 3.42. The molecule has 34 heavy (non-hydrogen) atoms. The summed E-state index contributed by atoms with van der Waals surface area (Å²) in [6.45, 7) is -0.296. The lowest BCUT2D eigenvalue weighted by Crippen LogP contribution is -2.26. The smallest absolute Gasteiger partial charge is 0.350 e. The first-order chi connectivity index (χ1) is 16.3. The first-order valence-corrected chi connectivity index (χ1v) is 10.4. The molecule has 0 aliphatic heterocycles. The van der Waals surface area contributed by atoms with Gasteiger partial charge in [-0.05, 0) is 28.8 Å². The van der Waals surface area contributed by atoms with E-state index in [1.165, 1.54) is 12.3 Å². The van der Waals surface area contributed by atoms with E-state index in [9.17, 15) is 18.0 Å². The number of carbonyl (C=O) groups is 1. The van der Waals surface area contributed by atoms with Crippen LogP contribution < -0.4 is 5.32 Å². The number of rotatable bonds is 7. The van der Waals surface area contributed by atoms with Crippen LogP contribution in [0.1, 0.15) is 28.2 Å². The van der Waals surface area contributed by atoms with E-state index < -0.39 is 17.6 Å². The summed E-state index contributed by atoms with van der Waals surface area (Å²) < 4.78 is 40.9. The van der Waals surface area contributed by atoms with E-state index >= 15 is 0 Å². The van der Waals surface area contributed by atoms with Crippen LogP contribution in [0.5, 0.6) is 0 Å². The molecule has 0 saturated heterocycles. The van der Waals surface area contributed by atoms with Gasteiger partial charge in [0, 0.05) is 43.8 Å². The summed E-state index contributed by atoms with van der Waals surface area (Å²) in [5, 5.41) is 6.64. The highest BCUT2D eigenvalue weighted by molar-refractivity contribution is 5.78. The van der Waals surface area contributed by atoms with Crippen LogP contribution in [-0.2, 0) is 37.4 Å². The van der Waals surface area contributed by atoms with Crippen LogP contribution in [0.15, 0.2) is 67.4 Å². The molecule has 3 heterocycles. The Balaban J connectivity index is 1.33. The van der Waals surface area contributed by atoms with E-state index in [-0.39, 0.29) is 18.7 Å². The number of hydrogen-bond acceptors (Lipinski definition) is 5. The molecule has 174 valence electrons. The van der Waals surface area contributed by atoms with Gasteiger partial charge < -0.3 is 5.32 Å². The molecule has 0 saturated carbocycles. The van der Waals surface area contributed by atoms with Gasteiger partial charge in [-0.2, -0.15) is 18.3 Å². The van der Waals surface area contributed by atoms with Crippen LogP contribution in [0, 0.1) is 0 Å². The molecule has 4 rings (SSSR count). The number of hydrogen-bond donors (Lipinski definition) is 1. The van der Waals surface area contributed by atoms with Crippen molar-refractivity contribution < 1.29 is 18.0 Å². The van der Waals surface area contributed by atoms with Crippen molar-refractivity contribution in [2.24, 2.45) is 7.05 Å². The minimum Gasteiger partial charge on any atom is -0.350 e. The van der Waals surface area contributed by atoms with Gasteiger partial charge in [0.1, 0.15) is 5.82 Å². The second kappa shape index (κ2) is 9.82. The van der Waals surface area contributed by atoms with E-state index in [2.05, 4.69) is 25.4 Å². The first kappa shape index (κ1) is 23.1. The Kier molecular flexibility index (Phi) is 6.67. The van der Waals surface area contributed by atoms with E-state index in [1.807, 2.05) is 25.4 Å². The Morgan fingerprint density at radius 1 is 0.971 bits per heavy atom. The topological polar surface area (TPSA) is 85.6 Å². The monoisotopic (exact) mass is 466 g/mol. The van der Waals surface area contributed by atoms with Crippen molar-refractivity contribution in [1.82, 2.24) is 30.0 Å². The molecular formula is C24H21F3N6O. The lowest BCUT2D eigenvalue weighted by atomic mass is 10.0. The molecule has 3 aromatic heterocycles. The van der Waals surface area contributed by atoms with Gasteiger partial charge in [-0.1, -0.05) is 24.3 Å². The zero-order valence-corrected chi connectivity index (χ0v) is 18.3. The highest BCUT2D eigenvalue weighted by atomic mass is 19.4. The summed E-state index contributed by atoms with van der Waals surface area (Å²) in [7, 11) is 1.85. The van der Waals surface area contributed by atoms with Crippen LogP contribution in [0.4, 0.5) is 13.2 Å². The van der Waals surface area contributed by atoms with Gasteiger partial charge in [0.05, 0.1) is 30.4 Å². The summed E-state index contributed by atoms with van der Waals surface area (Å²) in [6.07, 6.45) is 4.54. The van der Waals surface area contributed by atoms with E-state index in [4.69, 9.17) is 0 Å². The van der Waals surface area contributed by atoms with Crippen molar-refractivity contribution in [2.45, 2.75) is 25.6 Å².